The molecule has 0 aliphatic rings. The molecule has 0 aromatic carbocycles. The third-order valence-corrected chi connectivity index (χ3v) is 2.16. The van der Waals surface area contributed by atoms with Gasteiger partial charge in [-0.15, -0.1) is 0 Å². The lowest BCUT2D eigenvalue weighted by Crippen LogP contribution is -2.37. The van der Waals surface area contributed by atoms with Crippen LogP contribution in [0.2, 0.25) is 0 Å². The van der Waals surface area contributed by atoms with Gasteiger partial charge in [0.15, 0.2) is 0 Å². The van der Waals surface area contributed by atoms with Gasteiger partial charge in [-0.3, -0.25) is 15.8 Å². The molecule has 1 aromatic heterocycles. The molecule has 78 valence electrons. The number of methoxy groups -OCH3 is 1. The molecule has 0 saturated carbocycles. The highest BCUT2D eigenvalue weighted by atomic mass is 16.5. The Morgan fingerprint density at radius 2 is 2.36 bits per heavy atom. The SMILES string of the molecule is CCC(OC)C(NN)c1cnccn1. The van der Waals surface area contributed by atoms with Crippen LogP contribution >= 0.6 is 0 Å². The zero-order chi connectivity index (χ0) is 10.4. The largest absolute Gasteiger partial charge is 0.379 e. The van der Waals surface area contributed by atoms with Gasteiger partial charge in [0.1, 0.15) is 0 Å². The molecule has 0 amide bonds. The van der Waals surface area contributed by atoms with Crippen LogP contribution in [0.3, 0.4) is 0 Å². The Labute approximate surface area is 83.7 Å². The molecule has 14 heavy (non-hydrogen) atoms. The monoisotopic (exact) mass is 196 g/mol. The van der Waals surface area contributed by atoms with Crippen LogP contribution in [0.5, 0.6) is 0 Å². The number of hydrazine groups is 1. The van der Waals surface area contributed by atoms with Gasteiger partial charge in [-0.05, 0) is 6.42 Å². The summed E-state index contributed by atoms with van der Waals surface area (Å²) in [6.45, 7) is 2.04. The van der Waals surface area contributed by atoms with E-state index in [1.54, 1.807) is 25.7 Å². The fourth-order valence-electron chi connectivity index (χ4n) is 1.39. The number of nitrogens with zero attached hydrogens (tertiary/aromatic N) is 2. The summed E-state index contributed by atoms with van der Waals surface area (Å²) < 4.78 is 5.30. The molecule has 0 fully saturated rings. The summed E-state index contributed by atoms with van der Waals surface area (Å²) in [4.78, 5) is 8.17. The Kier molecular flexibility index (Phi) is 4.45. The molecule has 2 unspecified atom stereocenters. The van der Waals surface area contributed by atoms with Crippen molar-refractivity contribution in [3.05, 3.63) is 24.3 Å². The van der Waals surface area contributed by atoms with Crippen molar-refractivity contribution in [2.75, 3.05) is 7.11 Å². The van der Waals surface area contributed by atoms with E-state index in [4.69, 9.17) is 10.6 Å². The first-order valence-electron chi connectivity index (χ1n) is 4.58. The molecule has 5 nitrogen and oxygen atoms in total. The van der Waals surface area contributed by atoms with Crippen molar-refractivity contribution in [1.29, 1.82) is 0 Å². The smallest absolute Gasteiger partial charge is 0.0908 e. The highest BCUT2D eigenvalue weighted by molar-refractivity contribution is 5.04. The van der Waals surface area contributed by atoms with Crippen molar-refractivity contribution < 1.29 is 4.74 Å². The highest BCUT2D eigenvalue weighted by Crippen LogP contribution is 2.17. The second-order valence-corrected chi connectivity index (χ2v) is 2.96. The molecular weight excluding hydrogens is 180 g/mol. The second-order valence-electron chi connectivity index (χ2n) is 2.96. The summed E-state index contributed by atoms with van der Waals surface area (Å²) in [5, 5.41) is 0. The van der Waals surface area contributed by atoms with E-state index in [9.17, 15) is 0 Å². The van der Waals surface area contributed by atoms with Gasteiger partial charge >= 0.3 is 0 Å². The summed E-state index contributed by atoms with van der Waals surface area (Å²) in [5.74, 6) is 5.46. The van der Waals surface area contributed by atoms with Crippen LogP contribution in [-0.4, -0.2) is 23.2 Å². The maximum atomic E-state index is 5.46. The number of nitrogens with two attached hydrogens (primary N) is 1. The maximum absolute atomic E-state index is 5.46. The van der Waals surface area contributed by atoms with Gasteiger partial charge in [0.2, 0.25) is 0 Å². The minimum Gasteiger partial charge on any atom is -0.379 e. The van der Waals surface area contributed by atoms with Crippen molar-refractivity contribution in [3.63, 3.8) is 0 Å². The lowest BCUT2D eigenvalue weighted by Gasteiger charge is -2.23. The third-order valence-electron chi connectivity index (χ3n) is 2.16. The first-order valence-corrected chi connectivity index (χ1v) is 4.58. The number of hydrogen-bond donors (Lipinski definition) is 2. The minimum absolute atomic E-state index is 0.0108. The van der Waals surface area contributed by atoms with E-state index in [0.717, 1.165) is 12.1 Å². The molecule has 2 atom stereocenters. The second kappa shape index (κ2) is 5.64. The molecule has 0 saturated heterocycles. The van der Waals surface area contributed by atoms with Crippen molar-refractivity contribution in [3.8, 4) is 0 Å². The topological polar surface area (TPSA) is 73.1 Å². The van der Waals surface area contributed by atoms with Crippen molar-refractivity contribution in [1.82, 2.24) is 15.4 Å². The van der Waals surface area contributed by atoms with Gasteiger partial charge in [0.05, 0.1) is 24.0 Å². The fraction of sp³-hybridized carbons (Fsp3) is 0.556. The quantitative estimate of drug-likeness (QED) is 0.527. The summed E-state index contributed by atoms with van der Waals surface area (Å²) >= 11 is 0. The van der Waals surface area contributed by atoms with Gasteiger partial charge in [0, 0.05) is 19.5 Å². The van der Waals surface area contributed by atoms with Crippen LogP contribution in [0.25, 0.3) is 0 Å². The van der Waals surface area contributed by atoms with Crippen molar-refractivity contribution in [2.24, 2.45) is 5.84 Å². The van der Waals surface area contributed by atoms with E-state index in [-0.39, 0.29) is 12.1 Å². The van der Waals surface area contributed by atoms with E-state index in [1.165, 1.54) is 0 Å². The molecule has 0 spiro atoms. The van der Waals surface area contributed by atoms with E-state index < -0.39 is 0 Å². The Balaban J connectivity index is 2.81. The third kappa shape index (κ3) is 2.47. The van der Waals surface area contributed by atoms with Crippen LogP contribution in [0.1, 0.15) is 25.1 Å². The molecule has 0 radical (unpaired) electrons. The molecule has 0 aliphatic carbocycles. The number of aromatic nitrogens is 2. The minimum atomic E-state index is -0.112. The molecular formula is C9H16N4O. The van der Waals surface area contributed by atoms with Crippen LogP contribution in [-0.2, 0) is 4.74 Å². The van der Waals surface area contributed by atoms with Crippen LogP contribution < -0.4 is 11.3 Å². The van der Waals surface area contributed by atoms with E-state index in [2.05, 4.69) is 15.4 Å². The van der Waals surface area contributed by atoms with Crippen LogP contribution in [0, 0.1) is 0 Å². The van der Waals surface area contributed by atoms with Crippen LogP contribution in [0.15, 0.2) is 18.6 Å². The normalized spacial score (nSPS) is 15.1. The summed E-state index contributed by atoms with van der Waals surface area (Å²) in [6.07, 6.45) is 5.83. The Bertz CT molecular complexity index is 250. The zero-order valence-corrected chi connectivity index (χ0v) is 8.47. The van der Waals surface area contributed by atoms with Gasteiger partial charge < -0.3 is 4.74 Å². The first-order chi connectivity index (χ1) is 6.83. The Hall–Kier alpha value is -1.04. The van der Waals surface area contributed by atoms with Crippen LogP contribution in [0.4, 0.5) is 0 Å². The zero-order valence-electron chi connectivity index (χ0n) is 8.47. The molecule has 5 heteroatoms. The molecule has 3 N–H and O–H groups in total. The van der Waals surface area contributed by atoms with Crippen molar-refractivity contribution in [2.45, 2.75) is 25.5 Å². The standard InChI is InChI=1S/C9H16N4O/c1-3-8(14-2)9(13-10)7-6-11-4-5-12-7/h4-6,8-9,13H,3,10H2,1-2H3. The number of hydrogen-bond acceptors (Lipinski definition) is 5. The molecule has 1 rings (SSSR count). The predicted molar refractivity (Wildman–Crippen MR) is 53.2 cm³/mol. The summed E-state index contributed by atoms with van der Waals surface area (Å²) in [7, 11) is 1.66. The first kappa shape index (κ1) is 11.0. The Morgan fingerprint density at radius 1 is 1.57 bits per heavy atom. The van der Waals surface area contributed by atoms with E-state index >= 15 is 0 Å². The summed E-state index contributed by atoms with van der Waals surface area (Å²) in [6, 6.07) is -0.112. The van der Waals surface area contributed by atoms with Gasteiger partial charge in [-0.1, -0.05) is 6.92 Å². The average Bonchev–Trinajstić information content (AvgIpc) is 2.27. The lowest BCUT2D eigenvalue weighted by atomic mass is 10.1. The molecule has 1 aromatic rings. The van der Waals surface area contributed by atoms with E-state index in [0.29, 0.717) is 0 Å². The van der Waals surface area contributed by atoms with Crippen molar-refractivity contribution >= 4 is 0 Å². The lowest BCUT2D eigenvalue weighted by molar-refractivity contribution is 0.0637. The molecule has 0 bridgehead atoms. The Morgan fingerprint density at radius 3 is 2.79 bits per heavy atom. The number of rotatable bonds is 5. The van der Waals surface area contributed by atoms with E-state index in [1.807, 2.05) is 6.92 Å². The molecule has 1 heterocycles. The molecule has 0 aliphatic heterocycles. The number of nitrogens with one attached hydrogen (secondary N) is 1. The number of ether oxygens (including phenoxy) is 1. The fourth-order valence-corrected chi connectivity index (χ4v) is 1.39. The predicted octanol–water partition coefficient (Wildman–Crippen LogP) is 0.406. The average molecular weight is 196 g/mol. The highest BCUT2D eigenvalue weighted by Gasteiger charge is 2.21. The van der Waals surface area contributed by atoms with Gasteiger partial charge in [-0.2, -0.15) is 0 Å². The van der Waals surface area contributed by atoms with Gasteiger partial charge in [0.25, 0.3) is 0 Å². The maximum Gasteiger partial charge on any atom is 0.0908 e. The van der Waals surface area contributed by atoms with Gasteiger partial charge in [-0.25, -0.2) is 5.43 Å². The summed E-state index contributed by atoms with van der Waals surface area (Å²) in [5.41, 5.74) is 3.49.